The predicted octanol–water partition coefficient (Wildman–Crippen LogP) is 3.37. The summed E-state index contributed by atoms with van der Waals surface area (Å²) < 4.78 is 16.2. The summed E-state index contributed by atoms with van der Waals surface area (Å²) in [5.74, 6) is 1.93. The molecule has 0 spiro atoms. The third-order valence-corrected chi connectivity index (χ3v) is 2.95. The van der Waals surface area contributed by atoms with E-state index in [1.165, 1.54) is 7.11 Å². The Morgan fingerprint density at radius 2 is 2.19 bits per heavy atom. The van der Waals surface area contributed by atoms with E-state index in [1.807, 2.05) is 24.3 Å². The molecule has 0 N–H and O–H groups in total. The van der Waals surface area contributed by atoms with Gasteiger partial charge >= 0.3 is 0 Å². The van der Waals surface area contributed by atoms with Crippen molar-refractivity contribution in [3.8, 4) is 11.5 Å². The molecule has 0 fully saturated rings. The third-order valence-electron chi connectivity index (χ3n) is 2.95. The Hall–Kier alpha value is -2.43. The molecule has 21 heavy (non-hydrogen) atoms. The maximum absolute atomic E-state index is 5.45. The number of nitrogens with zero attached hydrogens (tertiary/aromatic N) is 1. The topological polar surface area (TPSA) is 49.3 Å². The molecule has 0 radical (unpaired) electrons. The van der Waals surface area contributed by atoms with E-state index < -0.39 is 0 Å². The zero-order valence-corrected chi connectivity index (χ0v) is 12.3. The third kappa shape index (κ3) is 3.78. The Morgan fingerprint density at radius 3 is 2.90 bits per heavy atom. The predicted molar refractivity (Wildman–Crippen MR) is 81.4 cm³/mol. The van der Waals surface area contributed by atoms with Gasteiger partial charge in [0.05, 0.1) is 0 Å². The summed E-state index contributed by atoms with van der Waals surface area (Å²) in [6.45, 7) is 6.32. The average molecular weight is 289 g/mol. The van der Waals surface area contributed by atoms with E-state index in [2.05, 4.69) is 18.7 Å². The fourth-order valence-corrected chi connectivity index (χ4v) is 1.96. The molecule has 0 aliphatic carbocycles. The fraction of sp³-hybridized carbons (Fsp3) is 0.312. The van der Waals surface area contributed by atoms with Crippen LogP contribution < -0.4 is 9.47 Å². The van der Waals surface area contributed by atoms with Gasteiger partial charge in [-0.3, -0.25) is 0 Å². The van der Waals surface area contributed by atoms with E-state index in [9.17, 15) is 0 Å². The molecule has 1 aromatic rings. The van der Waals surface area contributed by atoms with Gasteiger partial charge in [-0.2, -0.15) is 0 Å². The summed E-state index contributed by atoms with van der Waals surface area (Å²) in [7, 11) is 1.48. The molecule has 1 aromatic carbocycles. The number of benzene rings is 1. The van der Waals surface area contributed by atoms with Gasteiger partial charge in [-0.1, -0.05) is 25.6 Å². The summed E-state index contributed by atoms with van der Waals surface area (Å²) in [4.78, 5) is 4.80. The molecule has 1 heterocycles. The largest absolute Gasteiger partial charge is 0.471 e. The van der Waals surface area contributed by atoms with Crippen molar-refractivity contribution in [2.24, 2.45) is 5.16 Å². The van der Waals surface area contributed by atoms with Crippen molar-refractivity contribution in [3.05, 3.63) is 42.5 Å². The van der Waals surface area contributed by atoms with Crippen molar-refractivity contribution in [1.82, 2.24) is 0 Å². The summed E-state index contributed by atoms with van der Waals surface area (Å²) in [5, 5.41) is 3.86. The molecule has 112 valence electrons. The second kappa shape index (κ2) is 7.38. The Bertz CT molecular complexity index is 563. The van der Waals surface area contributed by atoms with Crippen LogP contribution in [0.5, 0.6) is 11.5 Å². The zero-order chi connectivity index (χ0) is 15.1. The Kier molecular flexibility index (Phi) is 5.26. The van der Waals surface area contributed by atoms with Gasteiger partial charge in [0.2, 0.25) is 6.79 Å². The lowest BCUT2D eigenvalue weighted by atomic mass is 10.0. The molecule has 0 unspecified atom stereocenters. The van der Waals surface area contributed by atoms with E-state index >= 15 is 0 Å². The van der Waals surface area contributed by atoms with Crippen LogP contribution in [0.4, 0.5) is 0 Å². The molecule has 5 heteroatoms. The fourth-order valence-electron chi connectivity index (χ4n) is 1.96. The summed E-state index contributed by atoms with van der Waals surface area (Å²) in [6, 6.07) is 5.84. The van der Waals surface area contributed by atoms with Gasteiger partial charge in [-0.15, -0.1) is 0 Å². The number of fused-ring (bicyclic) bond motifs is 1. The molecular formula is C16H19NO4. The second-order valence-corrected chi connectivity index (χ2v) is 4.30. The molecule has 1 aliphatic rings. The maximum Gasteiger partial charge on any atom is 0.250 e. The van der Waals surface area contributed by atoms with Crippen LogP contribution in [0.2, 0.25) is 0 Å². The Morgan fingerprint density at radius 1 is 1.38 bits per heavy atom. The first-order valence-electron chi connectivity index (χ1n) is 6.74. The SMILES string of the molecule is C=CCOC(/C=C(/CC)c1ccc2c(c1)OCO2)=N\OC. The van der Waals surface area contributed by atoms with Crippen LogP contribution in [0, 0.1) is 0 Å². The zero-order valence-electron chi connectivity index (χ0n) is 12.3. The van der Waals surface area contributed by atoms with E-state index in [0.717, 1.165) is 29.1 Å². The van der Waals surface area contributed by atoms with Crippen LogP contribution >= 0.6 is 0 Å². The average Bonchev–Trinajstić information content (AvgIpc) is 2.97. The smallest absolute Gasteiger partial charge is 0.250 e. The van der Waals surface area contributed by atoms with Gasteiger partial charge in [0.15, 0.2) is 11.5 Å². The quantitative estimate of drug-likeness (QED) is 0.349. The van der Waals surface area contributed by atoms with Crippen molar-refractivity contribution in [3.63, 3.8) is 0 Å². The van der Waals surface area contributed by atoms with E-state index in [1.54, 1.807) is 6.08 Å². The minimum Gasteiger partial charge on any atom is -0.471 e. The molecule has 5 nitrogen and oxygen atoms in total. The number of rotatable bonds is 6. The molecular weight excluding hydrogens is 270 g/mol. The number of oxime groups is 1. The monoisotopic (exact) mass is 289 g/mol. The molecule has 1 aliphatic heterocycles. The number of hydrogen-bond acceptors (Lipinski definition) is 5. The first-order chi connectivity index (χ1) is 10.3. The van der Waals surface area contributed by atoms with Crippen LogP contribution in [-0.4, -0.2) is 26.4 Å². The molecule has 0 amide bonds. The molecule has 0 saturated carbocycles. The van der Waals surface area contributed by atoms with E-state index in [-0.39, 0.29) is 6.79 Å². The van der Waals surface area contributed by atoms with E-state index in [4.69, 9.17) is 19.0 Å². The first kappa shape index (κ1) is 15.0. The molecule has 0 aromatic heterocycles. The van der Waals surface area contributed by atoms with Crippen molar-refractivity contribution in [1.29, 1.82) is 0 Å². The Labute approximate surface area is 124 Å². The van der Waals surface area contributed by atoms with E-state index in [0.29, 0.717) is 12.5 Å². The summed E-state index contributed by atoms with van der Waals surface area (Å²) in [5.41, 5.74) is 2.10. The highest BCUT2D eigenvalue weighted by Gasteiger charge is 2.14. The molecule has 0 saturated heterocycles. The summed E-state index contributed by atoms with van der Waals surface area (Å²) in [6.07, 6.45) is 4.33. The molecule has 2 rings (SSSR count). The normalized spacial score (nSPS) is 14.0. The van der Waals surface area contributed by atoms with Crippen molar-refractivity contribution in [2.75, 3.05) is 20.5 Å². The maximum atomic E-state index is 5.45. The second-order valence-electron chi connectivity index (χ2n) is 4.30. The highest BCUT2D eigenvalue weighted by molar-refractivity contribution is 5.95. The van der Waals surface area contributed by atoms with Crippen molar-refractivity contribution < 1.29 is 19.0 Å². The van der Waals surface area contributed by atoms with Crippen LogP contribution in [0.15, 0.2) is 42.1 Å². The van der Waals surface area contributed by atoms with Crippen molar-refractivity contribution >= 4 is 11.5 Å². The van der Waals surface area contributed by atoms with Gasteiger partial charge in [-0.25, -0.2) is 0 Å². The van der Waals surface area contributed by atoms with Gasteiger partial charge in [0.25, 0.3) is 5.90 Å². The minimum atomic E-state index is 0.267. The van der Waals surface area contributed by atoms with Crippen LogP contribution in [-0.2, 0) is 9.57 Å². The van der Waals surface area contributed by atoms with Crippen LogP contribution in [0.3, 0.4) is 0 Å². The molecule has 0 atom stereocenters. The standard InChI is InChI=1S/C16H19NO4/c1-4-8-19-16(17-18-3)10-12(5-2)13-6-7-14-15(9-13)21-11-20-14/h4,6-7,9-10H,1,5,8,11H2,2-3H3/b12-10-,17-16-. The highest BCUT2D eigenvalue weighted by Crippen LogP contribution is 2.35. The number of hydrogen-bond donors (Lipinski definition) is 0. The number of ether oxygens (including phenoxy) is 3. The highest BCUT2D eigenvalue weighted by atomic mass is 16.7. The first-order valence-corrected chi connectivity index (χ1v) is 6.74. The van der Waals surface area contributed by atoms with Gasteiger partial charge in [0, 0.05) is 6.08 Å². The van der Waals surface area contributed by atoms with Crippen molar-refractivity contribution in [2.45, 2.75) is 13.3 Å². The lowest BCUT2D eigenvalue weighted by molar-refractivity contribution is 0.174. The minimum absolute atomic E-state index is 0.267. The lowest BCUT2D eigenvalue weighted by Crippen LogP contribution is -2.03. The summed E-state index contributed by atoms with van der Waals surface area (Å²) >= 11 is 0. The van der Waals surface area contributed by atoms with Gasteiger partial charge in [-0.05, 0) is 34.8 Å². The van der Waals surface area contributed by atoms with Crippen LogP contribution in [0.25, 0.3) is 5.57 Å². The lowest BCUT2D eigenvalue weighted by Gasteiger charge is -2.08. The number of allylic oxidation sites excluding steroid dienone is 1. The Balaban J connectivity index is 2.26. The molecule has 0 bridgehead atoms. The van der Waals surface area contributed by atoms with Crippen LogP contribution in [0.1, 0.15) is 18.9 Å². The van der Waals surface area contributed by atoms with Gasteiger partial charge in [0.1, 0.15) is 13.7 Å². The van der Waals surface area contributed by atoms with Gasteiger partial charge < -0.3 is 19.0 Å².